The highest BCUT2D eigenvalue weighted by molar-refractivity contribution is 7.86. The first-order chi connectivity index (χ1) is 8.47. The number of carbonyl (C=O) groups is 1. The molecule has 0 aromatic heterocycles. The van der Waals surface area contributed by atoms with Crippen molar-refractivity contribution in [3.63, 3.8) is 0 Å². The van der Waals surface area contributed by atoms with E-state index in [1.807, 2.05) is 12.1 Å². The molecule has 1 aliphatic heterocycles. The lowest BCUT2D eigenvalue weighted by Gasteiger charge is -2.14. The first-order valence-corrected chi connectivity index (χ1v) is 7.05. The Hall–Kier alpha value is -1.92. The Balaban J connectivity index is 2.26. The minimum atomic E-state index is -3.75. The third-order valence-corrected chi connectivity index (χ3v) is 3.15. The highest BCUT2D eigenvalue weighted by Crippen LogP contribution is 2.37. The predicted molar refractivity (Wildman–Crippen MR) is 66.7 cm³/mol. The molecule has 1 amide bonds. The van der Waals surface area contributed by atoms with Gasteiger partial charge < -0.3 is 0 Å². The average molecular weight is 263 g/mol. The average Bonchev–Trinajstić information content (AvgIpc) is 2.56. The minimum Gasteiger partial charge on any atom is -0.266 e. The summed E-state index contributed by atoms with van der Waals surface area (Å²) in [5.41, 5.74) is 0.908. The Labute approximate surface area is 104 Å². The van der Waals surface area contributed by atoms with Crippen molar-refractivity contribution in [3.8, 4) is 0 Å². The molecule has 0 atom stereocenters. The molecule has 0 radical (unpaired) electrons. The standard InChI is InChI=1S/C12H9NO4S/c1-18(15,16)17-13-10-7-3-5-8-4-2-6-9(11(8)10)12(13)14/h2-7H,1H3. The van der Waals surface area contributed by atoms with Gasteiger partial charge in [0, 0.05) is 5.39 Å². The third-order valence-electron chi connectivity index (χ3n) is 2.73. The van der Waals surface area contributed by atoms with Crippen LogP contribution in [0.5, 0.6) is 0 Å². The fourth-order valence-corrected chi connectivity index (χ4v) is 2.52. The summed E-state index contributed by atoms with van der Waals surface area (Å²) in [6, 6.07) is 10.5. The number of hydroxylamine groups is 1. The highest BCUT2D eigenvalue weighted by Gasteiger charge is 2.32. The number of nitrogens with zero attached hydrogens (tertiary/aromatic N) is 1. The maximum atomic E-state index is 12.1. The smallest absolute Gasteiger partial charge is 0.266 e. The Kier molecular flexibility index (Phi) is 2.20. The van der Waals surface area contributed by atoms with Crippen molar-refractivity contribution >= 4 is 32.5 Å². The van der Waals surface area contributed by atoms with E-state index < -0.39 is 16.0 Å². The summed E-state index contributed by atoms with van der Waals surface area (Å²) < 4.78 is 27.1. The zero-order valence-electron chi connectivity index (χ0n) is 9.45. The summed E-state index contributed by atoms with van der Waals surface area (Å²) in [5, 5.41) is 2.42. The Morgan fingerprint density at radius 3 is 2.44 bits per heavy atom. The number of benzene rings is 2. The number of carbonyl (C=O) groups excluding carboxylic acids is 1. The number of hydrogen-bond donors (Lipinski definition) is 0. The summed E-state index contributed by atoms with van der Waals surface area (Å²) in [6.45, 7) is 0. The van der Waals surface area contributed by atoms with Gasteiger partial charge in [0.25, 0.3) is 16.0 Å². The van der Waals surface area contributed by atoms with E-state index in [0.717, 1.165) is 16.7 Å². The second-order valence-corrected chi connectivity index (χ2v) is 5.62. The van der Waals surface area contributed by atoms with E-state index in [1.165, 1.54) is 0 Å². The molecule has 0 saturated carbocycles. The number of anilines is 1. The summed E-state index contributed by atoms with van der Waals surface area (Å²) in [5.74, 6) is -0.466. The fraction of sp³-hybridized carbons (Fsp3) is 0.0833. The normalized spacial score (nSPS) is 14.5. The molecular weight excluding hydrogens is 254 g/mol. The van der Waals surface area contributed by atoms with Crippen LogP contribution in [0, 0.1) is 0 Å². The van der Waals surface area contributed by atoms with Gasteiger partial charge in [0.05, 0.1) is 17.5 Å². The molecule has 2 aromatic carbocycles. The molecule has 0 unspecified atom stereocenters. The molecule has 0 spiro atoms. The molecule has 1 heterocycles. The van der Waals surface area contributed by atoms with E-state index in [1.54, 1.807) is 24.3 Å². The minimum absolute atomic E-state index is 0.451. The molecular formula is C12H9NO4S. The van der Waals surface area contributed by atoms with Gasteiger partial charge in [-0.2, -0.15) is 13.5 Å². The molecule has 0 fully saturated rings. The molecule has 6 heteroatoms. The van der Waals surface area contributed by atoms with Gasteiger partial charge in [0.2, 0.25) is 0 Å². The second-order valence-electron chi connectivity index (χ2n) is 4.06. The molecule has 0 aliphatic carbocycles. The number of hydrogen-bond acceptors (Lipinski definition) is 4. The molecule has 1 aliphatic rings. The van der Waals surface area contributed by atoms with Gasteiger partial charge in [-0.15, -0.1) is 4.28 Å². The number of amides is 1. The van der Waals surface area contributed by atoms with Crippen LogP contribution in [0.3, 0.4) is 0 Å². The fourth-order valence-electron chi connectivity index (χ4n) is 2.10. The van der Waals surface area contributed by atoms with Crippen LogP contribution in [0.1, 0.15) is 10.4 Å². The first kappa shape index (κ1) is 11.2. The van der Waals surface area contributed by atoms with Crippen molar-refractivity contribution in [3.05, 3.63) is 42.0 Å². The van der Waals surface area contributed by atoms with Crippen LogP contribution in [0.15, 0.2) is 36.4 Å². The van der Waals surface area contributed by atoms with Crippen LogP contribution < -0.4 is 5.06 Å². The lowest BCUT2D eigenvalue weighted by molar-refractivity contribution is 0.0896. The second kappa shape index (κ2) is 3.54. The van der Waals surface area contributed by atoms with Crippen LogP contribution >= 0.6 is 0 Å². The Morgan fingerprint density at radius 1 is 1.11 bits per heavy atom. The largest absolute Gasteiger partial charge is 0.285 e. The van der Waals surface area contributed by atoms with Gasteiger partial charge in [0.1, 0.15) is 0 Å². The molecule has 5 nitrogen and oxygen atoms in total. The van der Waals surface area contributed by atoms with Crippen molar-refractivity contribution in [2.75, 3.05) is 11.3 Å². The van der Waals surface area contributed by atoms with Gasteiger partial charge in [-0.05, 0) is 17.5 Å². The van der Waals surface area contributed by atoms with Crippen LogP contribution in [-0.2, 0) is 14.4 Å². The zero-order chi connectivity index (χ0) is 12.9. The van der Waals surface area contributed by atoms with Crippen molar-refractivity contribution in [1.29, 1.82) is 0 Å². The van der Waals surface area contributed by atoms with Crippen LogP contribution in [0.2, 0.25) is 0 Å². The van der Waals surface area contributed by atoms with Gasteiger partial charge in [-0.3, -0.25) is 4.79 Å². The lowest BCUT2D eigenvalue weighted by atomic mass is 10.1. The van der Waals surface area contributed by atoms with Gasteiger partial charge in [0.15, 0.2) is 0 Å². The first-order valence-electron chi connectivity index (χ1n) is 5.23. The van der Waals surface area contributed by atoms with E-state index in [0.29, 0.717) is 16.6 Å². The van der Waals surface area contributed by atoms with Gasteiger partial charge in [-0.1, -0.05) is 24.3 Å². The maximum absolute atomic E-state index is 12.1. The van der Waals surface area contributed by atoms with Gasteiger partial charge >= 0.3 is 0 Å². The predicted octanol–water partition coefficient (Wildman–Crippen LogP) is 1.69. The van der Waals surface area contributed by atoms with Crippen molar-refractivity contribution in [1.82, 2.24) is 0 Å². The maximum Gasteiger partial charge on any atom is 0.285 e. The Bertz CT molecular complexity index is 761. The van der Waals surface area contributed by atoms with Crippen LogP contribution in [0.25, 0.3) is 10.8 Å². The number of rotatable bonds is 2. The monoisotopic (exact) mass is 263 g/mol. The lowest BCUT2D eigenvalue weighted by Crippen LogP contribution is -2.29. The van der Waals surface area contributed by atoms with Crippen molar-refractivity contribution in [2.45, 2.75) is 0 Å². The van der Waals surface area contributed by atoms with Crippen LogP contribution in [-0.4, -0.2) is 20.6 Å². The molecule has 0 N–H and O–H groups in total. The molecule has 18 heavy (non-hydrogen) atoms. The SMILES string of the molecule is CS(=O)(=O)ON1C(=O)c2cccc3cccc1c23. The van der Waals surface area contributed by atoms with E-state index in [9.17, 15) is 13.2 Å². The van der Waals surface area contributed by atoms with Crippen molar-refractivity contribution < 1.29 is 17.5 Å². The summed E-state index contributed by atoms with van der Waals surface area (Å²) in [6.07, 6.45) is 0.906. The Morgan fingerprint density at radius 2 is 1.78 bits per heavy atom. The quantitative estimate of drug-likeness (QED) is 0.827. The van der Waals surface area contributed by atoms with Crippen LogP contribution in [0.4, 0.5) is 5.69 Å². The zero-order valence-corrected chi connectivity index (χ0v) is 10.3. The van der Waals surface area contributed by atoms with E-state index in [-0.39, 0.29) is 0 Å². The van der Waals surface area contributed by atoms with E-state index in [2.05, 4.69) is 0 Å². The molecule has 0 bridgehead atoms. The topological polar surface area (TPSA) is 63.7 Å². The summed E-state index contributed by atoms with van der Waals surface area (Å²) in [4.78, 5) is 12.1. The molecule has 2 aromatic rings. The van der Waals surface area contributed by atoms with Gasteiger partial charge in [-0.25, -0.2) is 0 Å². The van der Waals surface area contributed by atoms with E-state index >= 15 is 0 Å². The summed E-state index contributed by atoms with van der Waals surface area (Å²) in [7, 11) is -3.75. The molecule has 3 rings (SSSR count). The molecule has 92 valence electrons. The highest BCUT2D eigenvalue weighted by atomic mass is 32.2. The van der Waals surface area contributed by atoms with E-state index in [4.69, 9.17) is 4.28 Å². The third kappa shape index (κ3) is 1.58. The molecule has 0 saturated heterocycles. The van der Waals surface area contributed by atoms with Crippen molar-refractivity contribution in [2.24, 2.45) is 0 Å². The summed E-state index contributed by atoms with van der Waals surface area (Å²) >= 11 is 0.